The summed E-state index contributed by atoms with van der Waals surface area (Å²) in [6.45, 7) is 2.15. The first-order valence-corrected chi connectivity index (χ1v) is 7.12. The SMILES string of the molecule is CCCSCC(O)c1cscc1Br. The van der Waals surface area contributed by atoms with Gasteiger partial charge in [-0.1, -0.05) is 6.92 Å². The predicted octanol–water partition coefficient (Wildman–Crippen LogP) is 3.69. The van der Waals surface area contributed by atoms with E-state index in [-0.39, 0.29) is 6.10 Å². The molecule has 0 amide bonds. The maximum atomic E-state index is 9.77. The van der Waals surface area contributed by atoms with Crippen LogP contribution in [0.5, 0.6) is 0 Å². The zero-order valence-electron chi connectivity index (χ0n) is 7.50. The molecular formula is C9H13BrOS2. The van der Waals surface area contributed by atoms with Crippen molar-refractivity contribution in [2.24, 2.45) is 0 Å². The van der Waals surface area contributed by atoms with Crippen LogP contribution in [0.2, 0.25) is 0 Å². The van der Waals surface area contributed by atoms with Crippen LogP contribution in [0.1, 0.15) is 25.0 Å². The van der Waals surface area contributed by atoms with E-state index in [1.807, 2.05) is 10.8 Å². The normalized spacial score (nSPS) is 13.2. The van der Waals surface area contributed by atoms with Crippen LogP contribution >= 0.6 is 39.0 Å². The van der Waals surface area contributed by atoms with Gasteiger partial charge in [-0.3, -0.25) is 0 Å². The number of halogens is 1. The number of thioether (sulfide) groups is 1. The smallest absolute Gasteiger partial charge is 0.0899 e. The fourth-order valence-corrected chi connectivity index (χ4v) is 3.42. The summed E-state index contributed by atoms with van der Waals surface area (Å²) in [6, 6.07) is 0. The topological polar surface area (TPSA) is 20.2 Å². The second kappa shape index (κ2) is 6.06. The summed E-state index contributed by atoms with van der Waals surface area (Å²) >= 11 is 6.84. The fourth-order valence-electron chi connectivity index (χ4n) is 0.958. The highest BCUT2D eigenvalue weighted by Crippen LogP contribution is 2.29. The first kappa shape index (κ1) is 11.6. The first-order chi connectivity index (χ1) is 6.25. The molecule has 0 spiro atoms. The molecule has 0 saturated heterocycles. The van der Waals surface area contributed by atoms with Crippen LogP contribution in [0, 0.1) is 0 Å². The highest BCUT2D eigenvalue weighted by molar-refractivity contribution is 9.10. The van der Waals surface area contributed by atoms with Crippen molar-refractivity contribution in [2.75, 3.05) is 11.5 Å². The first-order valence-electron chi connectivity index (χ1n) is 4.23. The minimum Gasteiger partial charge on any atom is -0.387 e. The van der Waals surface area contributed by atoms with Gasteiger partial charge in [0.15, 0.2) is 0 Å². The van der Waals surface area contributed by atoms with Gasteiger partial charge in [-0.05, 0) is 33.5 Å². The molecule has 0 aliphatic heterocycles. The van der Waals surface area contributed by atoms with Crippen molar-refractivity contribution < 1.29 is 5.11 Å². The Morgan fingerprint density at radius 2 is 2.38 bits per heavy atom. The van der Waals surface area contributed by atoms with E-state index in [4.69, 9.17) is 0 Å². The Balaban J connectivity index is 2.39. The molecule has 4 heteroatoms. The Morgan fingerprint density at radius 3 is 2.92 bits per heavy atom. The molecule has 1 N–H and O–H groups in total. The molecule has 1 aromatic rings. The molecule has 1 rings (SSSR count). The zero-order chi connectivity index (χ0) is 9.68. The number of rotatable bonds is 5. The number of hydrogen-bond acceptors (Lipinski definition) is 3. The van der Waals surface area contributed by atoms with Crippen molar-refractivity contribution in [3.05, 3.63) is 20.8 Å². The number of hydrogen-bond donors (Lipinski definition) is 1. The second-order valence-electron chi connectivity index (χ2n) is 2.77. The lowest BCUT2D eigenvalue weighted by Crippen LogP contribution is -2.00. The average Bonchev–Trinajstić information content (AvgIpc) is 2.52. The summed E-state index contributed by atoms with van der Waals surface area (Å²) in [7, 11) is 0. The highest BCUT2D eigenvalue weighted by Gasteiger charge is 2.11. The standard InChI is InChI=1S/C9H13BrOS2/c1-2-3-12-6-9(11)7-4-13-5-8(7)10/h4-5,9,11H,2-3,6H2,1H3. The third kappa shape index (κ3) is 3.62. The van der Waals surface area contributed by atoms with Crippen molar-refractivity contribution in [3.8, 4) is 0 Å². The molecule has 0 aromatic carbocycles. The van der Waals surface area contributed by atoms with Crippen LogP contribution in [0.25, 0.3) is 0 Å². The molecule has 0 fully saturated rings. The monoisotopic (exact) mass is 280 g/mol. The lowest BCUT2D eigenvalue weighted by atomic mass is 10.2. The Kier molecular flexibility index (Phi) is 5.39. The third-order valence-electron chi connectivity index (χ3n) is 1.63. The van der Waals surface area contributed by atoms with Gasteiger partial charge < -0.3 is 5.11 Å². The average molecular weight is 281 g/mol. The van der Waals surface area contributed by atoms with E-state index in [0.717, 1.165) is 21.5 Å². The van der Waals surface area contributed by atoms with Crippen LogP contribution in [-0.4, -0.2) is 16.6 Å². The van der Waals surface area contributed by atoms with Gasteiger partial charge in [0, 0.05) is 21.2 Å². The maximum absolute atomic E-state index is 9.77. The summed E-state index contributed by atoms with van der Waals surface area (Å²) in [5, 5.41) is 13.8. The van der Waals surface area contributed by atoms with Gasteiger partial charge in [-0.2, -0.15) is 23.1 Å². The highest BCUT2D eigenvalue weighted by atomic mass is 79.9. The zero-order valence-corrected chi connectivity index (χ0v) is 10.7. The third-order valence-corrected chi connectivity index (χ3v) is 4.63. The van der Waals surface area contributed by atoms with Gasteiger partial charge in [0.05, 0.1) is 6.10 Å². The van der Waals surface area contributed by atoms with E-state index < -0.39 is 0 Å². The van der Waals surface area contributed by atoms with Crippen LogP contribution in [0.4, 0.5) is 0 Å². The van der Waals surface area contributed by atoms with Crippen molar-refractivity contribution in [2.45, 2.75) is 19.4 Å². The second-order valence-corrected chi connectivity index (χ2v) is 5.51. The molecule has 0 saturated carbocycles. The Hall–Kier alpha value is 0.490. The van der Waals surface area contributed by atoms with Crippen molar-refractivity contribution >= 4 is 39.0 Å². The summed E-state index contributed by atoms with van der Waals surface area (Å²) in [4.78, 5) is 0. The summed E-state index contributed by atoms with van der Waals surface area (Å²) in [6.07, 6.45) is 0.847. The molecule has 1 unspecified atom stereocenters. The van der Waals surface area contributed by atoms with Crippen LogP contribution in [0.15, 0.2) is 15.2 Å². The molecule has 0 aliphatic carbocycles. The van der Waals surface area contributed by atoms with Gasteiger partial charge in [-0.15, -0.1) is 0 Å². The van der Waals surface area contributed by atoms with E-state index in [1.54, 1.807) is 23.1 Å². The molecule has 0 bridgehead atoms. The number of aliphatic hydroxyl groups excluding tert-OH is 1. The van der Waals surface area contributed by atoms with Crippen molar-refractivity contribution in [1.29, 1.82) is 0 Å². The Labute approximate surface area is 95.7 Å². The molecule has 1 atom stereocenters. The van der Waals surface area contributed by atoms with Gasteiger partial charge in [-0.25, -0.2) is 0 Å². The molecular weight excluding hydrogens is 268 g/mol. The van der Waals surface area contributed by atoms with Crippen LogP contribution < -0.4 is 0 Å². The largest absolute Gasteiger partial charge is 0.387 e. The van der Waals surface area contributed by atoms with Gasteiger partial charge >= 0.3 is 0 Å². The van der Waals surface area contributed by atoms with Crippen LogP contribution in [-0.2, 0) is 0 Å². The minimum atomic E-state index is -0.322. The summed E-state index contributed by atoms with van der Waals surface area (Å²) in [5.74, 6) is 1.92. The van der Waals surface area contributed by atoms with Gasteiger partial charge in [0.2, 0.25) is 0 Å². The minimum absolute atomic E-state index is 0.322. The van der Waals surface area contributed by atoms with E-state index in [2.05, 4.69) is 22.9 Å². The molecule has 74 valence electrons. The quantitative estimate of drug-likeness (QED) is 0.831. The molecule has 1 heterocycles. The van der Waals surface area contributed by atoms with Crippen molar-refractivity contribution in [1.82, 2.24) is 0 Å². The Morgan fingerprint density at radius 1 is 1.62 bits per heavy atom. The molecule has 13 heavy (non-hydrogen) atoms. The maximum Gasteiger partial charge on any atom is 0.0899 e. The van der Waals surface area contributed by atoms with Gasteiger partial charge in [0.25, 0.3) is 0 Å². The lowest BCUT2D eigenvalue weighted by molar-refractivity contribution is 0.204. The summed E-state index contributed by atoms with van der Waals surface area (Å²) < 4.78 is 1.03. The molecule has 1 aromatic heterocycles. The van der Waals surface area contributed by atoms with E-state index in [1.165, 1.54) is 6.42 Å². The van der Waals surface area contributed by atoms with Gasteiger partial charge in [0.1, 0.15) is 0 Å². The molecule has 1 nitrogen and oxygen atoms in total. The number of thiophene rings is 1. The predicted molar refractivity (Wildman–Crippen MR) is 64.6 cm³/mol. The fraction of sp³-hybridized carbons (Fsp3) is 0.556. The molecule has 0 aliphatic rings. The van der Waals surface area contributed by atoms with E-state index in [0.29, 0.717) is 0 Å². The van der Waals surface area contributed by atoms with Crippen LogP contribution in [0.3, 0.4) is 0 Å². The number of aliphatic hydroxyl groups is 1. The lowest BCUT2D eigenvalue weighted by Gasteiger charge is -2.08. The summed E-state index contributed by atoms with van der Waals surface area (Å²) in [5.41, 5.74) is 1.02. The van der Waals surface area contributed by atoms with Crippen molar-refractivity contribution in [3.63, 3.8) is 0 Å². The van der Waals surface area contributed by atoms with E-state index in [9.17, 15) is 5.11 Å². The van der Waals surface area contributed by atoms with E-state index >= 15 is 0 Å². The molecule has 0 radical (unpaired) electrons. The Bertz CT molecular complexity index is 250.